The summed E-state index contributed by atoms with van der Waals surface area (Å²) in [5.41, 5.74) is 1.44. The van der Waals surface area contributed by atoms with E-state index in [1.807, 2.05) is 0 Å². The fraction of sp³-hybridized carbons (Fsp3) is 0.571. The molecule has 0 bridgehead atoms. The van der Waals surface area contributed by atoms with E-state index in [-0.39, 0.29) is 0 Å². The number of benzene rings is 1. The second-order valence-corrected chi connectivity index (χ2v) is 5.12. The molecule has 0 radical (unpaired) electrons. The second-order valence-electron chi connectivity index (χ2n) is 5.12. The highest BCUT2D eigenvalue weighted by Gasteiger charge is 2.33. The summed E-state index contributed by atoms with van der Waals surface area (Å²) in [6.45, 7) is 4.71. The third kappa shape index (κ3) is 2.45. The zero-order valence-corrected chi connectivity index (χ0v) is 9.73. The molecule has 3 rings (SSSR count). The molecule has 1 saturated carbocycles. The van der Waals surface area contributed by atoms with E-state index in [4.69, 9.17) is 0 Å². The highest BCUT2D eigenvalue weighted by Crippen LogP contribution is 2.33. The lowest BCUT2D eigenvalue weighted by Crippen LogP contribution is -2.51. The molecule has 1 aliphatic carbocycles. The topological polar surface area (TPSA) is 15.3 Å². The number of rotatable bonds is 3. The predicted molar refractivity (Wildman–Crippen MR) is 66.2 cm³/mol. The standard InChI is InChI=1S/C14H20N2/c1-2-4-12(5-3-1)10-16-9-8-15-14(11-16)13-6-7-13/h1-5,13-15H,6-11H2. The lowest BCUT2D eigenvalue weighted by Gasteiger charge is -2.33. The Morgan fingerprint density at radius 3 is 2.75 bits per heavy atom. The van der Waals surface area contributed by atoms with Gasteiger partial charge in [-0.1, -0.05) is 30.3 Å². The first-order chi connectivity index (χ1) is 7.92. The Morgan fingerprint density at radius 1 is 1.19 bits per heavy atom. The maximum absolute atomic E-state index is 3.66. The van der Waals surface area contributed by atoms with Crippen LogP contribution in [-0.2, 0) is 6.54 Å². The molecule has 1 aromatic carbocycles. The lowest BCUT2D eigenvalue weighted by atomic mass is 10.1. The number of nitrogens with one attached hydrogen (secondary N) is 1. The number of hydrogen-bond donors (Lipinski definition) is 1. The predicted octanol–water partition coefficient (Wildman–Crippen LogP) is 1.87. The van der Waals surface area contributed by atoms with E-state index in [9.17, 15) is 0 Å². The summed E-state index contributed by atoms with van der Waals surface area (Å²) >= 11 is 0. The first-order valence-corrected chi connectivity index (χ1v) is 6.41. The maximum Gasteiger partial charge on any atom is 0.0234 e. The van der Waals surface area contributed by atoms with Crippen molar-refractivity contribution in [3.63, 3.8) is 0 Å². The molecule has 2 aliphatic rings. The molecule has 1 aromatic rings. The van der Waals surface area contributed by atoms with Gasteiger partial charge in [-0.05, 0) is 24.3 Å². The Labute approximate surface area is 97.6 Å². The number of piperazine rings is 1. The van der Waals surface area contributed by atoms with Gasteiger partial charge in [-0.15, -0.1) is 0 Å². The first kappa shape index (κ1) is 10.3. The van der Waals surface area contributed by atoms with Gasteiger partial charge in [0.15, 0.2) is 0 Å². The van der Waals surface area contributed by atoms with Crippen LogP contribution in [-0.4, -0.2) is 30.6 Å². The van der Waals surface area contributed by atoms with E-state index in [0.29, 0.717) is 0 Å². The largest absolute Gasteiger partial charge is 0.311 e. The highest BCUT2D eigenvalue weighted by molar-refractivity contribution is 5.14. The van der Waals surface area contributed by atoms with Crippen LogP contribution in [0.3, 0.4) is 0 Å². The van der Waals surface area contributed by atoms with Crippen molar-refractivity contribution < 1.29 is 0 Å². The van der Waals surface area contributed by atoms with Crippen LogP contribution in [0.4, 0.5) is 0 Å². The minimum absolute atomic E-state index is 0.762. The second kappa shape index (κ2) is 4.56. The maximum atomic E-state index is 3.66. The normalized spacial score (nSPS) is 26.9. The summed E-state index contributed by atoms with van der Waals surface area (Å²) in [7, 11) is 0. The van der Waals surface area contributed by atoms with Crippen molar-refractivity contribution in [2.45, 2.75) is 25.4 Å². The quantitative estimate of drug-likeness (QED) is 0.830. The van der Waals surface area contributed by atoms with E-state index < -0.39 is 0 Å². The molecule has 0 aromatic heterocycles. The van der Waals surface area contributed by atoms with Gasteiger partial charge in [-0.2, -0.15) is 0 Å². The van der Waals surface area contributed by atoms with Crippen LogP contribution in [0.25, 0.3) is 0 Å². The van der Waals surface area contributed by atoms with Crippen LogP contribution in [0.5, 0.6) is 0 Å². The average molecular weight is 216 g/mol. The first-order valence-electron chi connectivity index (χ1n) is 6.41. The molecule has 2 nitrogen and oxygen atoms in total. The fourth-order valence-electron chi connectivity index (χ4n) is 2.64. The molecule has 2 fully saturated rings. The molecular formula is C14H20N2. The van der Waals surface area contributed by atoms with Crippen LogP contribution in [0.1, 0.15) is 18.4 Å². The SMILES string of the molecule is c1ccc(CN2CCNC(C3CC3)C2)cc1. The van der Waals surface area contributed by atoms with Crippen LogP contribution in [0.2, 0.25) is 0 Å². The van der Waals surface area contributed by atoms with Crippen LogP contribution in [0.15, 0.2) is 30.3 Å². The van der Waals surface area contributed by atoms with Crippen LogP contribution >= 0.6 is 0 Å². The number of nitrogens with zero attached hydrogens (tertiary/aromatic N) is 1. The van der Waals surface area contributed by atoms with Gasteiger partial charge in [0.2, 0.25) is 0 Å². The molecule has 16 heavy (non-hydrogen) atoms. The molecule has 0 amide bonds. The summed E-state index contributed by atoms with van der Waals surface area (Å²) in [4.78, 5) is 2.59. The zero-order valence-electron chi connectivity index (χ0n) is 9.73. The van der Waals surface area contributed by atoms with Crippen molar-refractivity contribution >= 4 is 0 Å². The summed E-state index contributed by atoms with van der Waals surface area (Å²) in [6.07, 6.45) is 2.88. The Kier molecular flexibility index (Phi) is 2.94. The van der Waals surface area contributed by atoms with E-state index in [1.54, 1.807) is 0 Å². The van der Waals surface area contributed by atoms with Gasteiger partial charge >= 0.3 is 0 Å². The van der Waals surface area contributed by atoms with Crippen LogP contribution < -0.4 is 5.32 Å². The minimum Gasteiger partial charge on any atom is -0.311 e. The molecule has 86 valence electrons. The Balaban J connectivity index is 1.58. The van der Waals surface area contributed by atoms with Gasteiger partial charge in [0.1, 0.15) is 0 Å². The highest BCUT2D eigenvalue weighted by atomic mass is 15.2. The average Bonchev–Trinajstić information content (AvgIpc) is 3.15. The Hall–Kier alpha value is -0.860. The Bertz CT molecular complexity index is 332. The molecule has 0 spiro atoms. The molecule has 1 aliphatic heterocycles. The van der Waals surface area contributed by atoms with E-state index in [1.165, 1.54) is 31.5 Å². The van der Waals surface area contributed by atoms with Gasteiger partial charge in [0.05, 0.1) is 0 Å². The van der Waals surface area contributed by atoms with E-state index in [2.05, 4.69) is 40.5 Å². The summed E-state index contributed by atoms with van der Waals surface area (Å²) in [5, 5.41) is 3.66. The number of hydrogen-bond acceptors (Lipinski definition) is 2. The fourth-order valence-corrected chi connectivity index (χ4v) is 2.64. The van der Waals surface area contributed by atoms with Crippen molar-refractivity contribution in [3.05, 3.63) is 35.9 Å². The molecular weight excluding hydrogens is 196 g/mol. The molecule has 2 heteroatoms. The molecule has 1 heterocycles. The van der Waals surface area contributed by atoms with E-state index >= 15 is 0 Å². The van der Waals surface area contributed by atoms with E-state index in [0.717, 1.165) is 25.0 Å². The molecule has 1 N–H and O–H groups in total. The minimum atomic E-state index is 0.762. The smallest absolute Gasteiger partial charge is 0.0234 e. The summed E-state index contributed by atoms with van der Waals surface area (Å²) in [6, 6.07) is 11.6. The molecule has 1 saturated heterocycles. The molecule has 1 atom stereocenters. The summed E-state index contributed by atoms with van der Waals surface area (Å²) < 4.78 is 0. The molecule has 1 unspecified atom stereocenters. The lowest BCUT2D eigenvalue weighted by molar-refractivity contribution is 0.181. The van der Waals surface area contributed by atoms with Gasteiger partial charge in [0.25, 0.3) is 0 Å². The van der Waals surface area contributed by atoms with Gasteiger partial charge < -0.3 is 5.32 Å². The van der Waals surface area contributed by atoms with Crippen molar-refractivity contribution in [2.75, 3.05) is 19.6 Å². The van der Waals surface area contributed by atoms with Crippen molar-refractivity contribution in [2.24, 2.45) is 5.92 Å². The third-order valence-corrected chi connectivity index (χ3v) is 3.73. The van der Waals surface area contributed by atoms with Crippen LogP contribution in [0, 0.1) is 5.92 Å². The van der Waals surface area contributed by atoms with Gasteiger partial charge in [-0.3, -0.25) is 4.90 Å². The van der Waals surface area contributed by atoms with Crippen molar-refractivity contribution in [1.82, 2.24) is 10.2 Å². The van der Waals surface area contributed by atoms with Gasteiger partial charge in [0, 0.05) is 32.2 Å². The monoisotopic (exact) mass is 216 g/mol. The summed E-state index contributed by atoms with van der Waals surface area (Å²) in [5.74, 6) is 0.971. The zero-order chi connectivity index (χ0) is 10.8. The third-order valence-electron chi connectivity index (χ3n) is 3.73. The van der Waals surface area contributed by atoms with Gasteiger partial charge in [-0.25, -0.2) is 0 Å². The van der Waals surface area contributed by atoms with Crippen molar-refractivity contribution in [1.29, 1.82) is 0 Å². The Morgan fingerprint density at radius 2 is 2.00 bits per heavy atom. The van der Waals surface area contributed by atoms with Crippen molar-refractivity contribution in [3.8, 4) is 0 Å².